The fourth-order valence-electron chi connectivity index (χ4n) is 3.94. The van der Waals surface area contributed by atoms with Crippen molar-refractivity contribution in [2.75, 3.05) is 5.32 Å². The predicted octanol–water partition coefficient (Wildman–Crippen LogP) is 4.90. The molecule has 8 heteroatoms. The Bertz CT molecular complexity index is 1180. The van der Waals surface area contributed by atoms with E-state index in [1.165, 1.54) is 16.2 Å². The van der Waals surface area contributed by atoms with E-state index in [2.05, 4.69) is 10.6 Å². The van der Waals surface area contributed by atoms with Gasteiger partial charge in [0.05, 0.1) is 11.4 Å². The van der Waals surface area contributed by atoms with E-state index in [4.69, 9.17) is 4.74 Å². The van der Waals surface area contributed by atoms with Gasteiger partial charge >= 0.3 is 6.09 Å². The Morgan fingerprint density at radius 3 is 2.50 bits per heavy atom. The minimum atomic E-state index is -0.818. The van der Waals surface area contributed by atoms with Gasteiger partial charge in [0, 0.05) is 11.7 Å². The van der Waals surface area contributed by atoms with Crippen LogP contribution in [0, 0.1) is 6.92 Å². The van der Waals surface area contributed by atoms with Gasteiger partial charge in [-0.3, -0.25) is 14.5 Å². The topological polar surface area (TPSA) is 87.7 Å². The zero-order valence-electron chi connectivity index (χ0n) is 19.3. The molecule has 2 atom stereocenters. The largest absolute Gasteiger partial charge is 0.438 e. The van der Waals surface area contributed by atoms with Gasteiger partial charge < -0.3 is 15.4 Å². The molecule has 2 heterocycles. The maximum atomic E-state index is 13.2. The Balaban J connectivity index is 1.57. The van der Waals surface area contributed by atoms with Gasteiger partial charge in [-0.2, -0.15) is 0 Å². The maximum Gasteiger partial charge on any atom is 0.411 e. The standard InChI is InChI=1S/C26H27N3O4S/c1-16(2)27-25(31)22-23(33-26(32)29(22)15-18-7-4-6-17(3)14-18)19-9-11-20(12-10-19)28-24(30)21-8-5-13-34-21/h4-14,16,22-23H,15H2,1-3H3,(H,27,31)(H,28,30)/t22-,23-/m1/s1. The molecule has 1 fully saturated rings. The molecule has 176 valence electrons. The van der Waals surface area contributed by atoms with Crippen molar-refractivity contribution in [1.29, 1.82) is 0 Å². The molecule has 4 rings (SSSR count). The highest BCUT2D eigenvalue weighted by molar-refractivity contribution is 7.12. The highest BCUT2D eigenvalue weighted by Gasteiger charge is 2.47. The van der Waals surface area contributed by atoms with Crippen molar-refractivity contribution in [3.8, 4) is 0 Å². The number of anilines is 1. The van der Waals surface area contributed by atoms with Crippen LogP contribution in [-0.4, -0.2) is 34.9 Å². The monoisotopic (exact) mass is 477 g/mol. The van der Waals surface area contributed by atoms with Crippen molar-refractivity contribution < 1.29 is 19.1 Å². The van der Waals surface area contributed by atoms with Crippen molar-refractivity contribution >= 4 is 34.9 Å². The summed E-state index contributed by atoms with van der Waals surface area (Å²) in [6.45, 7) is 6.00. The highest BCUT2D eigenvalue weighted by atomic mass is 32.1. The molecule has 1 aliphatic heterocycles. The van der Waals surface area contributed by atoms with Crippen LogP contribution in [0.2, 0.25) is 0 Å². The summed E-state index contributed by atoms with van der Waals surface area (Å²) in [6.07, 6.45) is -1.30. The number of nitrogens with zero attached hydrogens (tertiary/aromatic N) is 1. The van der Waals surface area contributed by atoms with Gasteiger partial charge in [-0.15, -0.1) is 11.3 Å². The summed E-state index contributed by atoms with van der Waals surface area (Å²) in [4.78, 5) is 40.4. The third-order valence-corrected chi connectivity index (χ3v) is 6.33. The van der Waals surface area contributed by atoms with Gasteiger partial charge in [0.2, 0.25) is 5.91 Å². The summed E-state index contributed by atoms with van der Waals surface area (Å²) in [6, 6.07) is 17.5. The quantitative estimate of drug-likeness (QED) is 0.507. The Hall–Kier alpha value is -3.65. The molecule has 0 radical (unpaired) electrons. The van der Waals surface area contributed by atoms with E-state index in [1.54, 1.807) is 30.3 Å². The molecule has 1 aromatic heterocycles. The average molecular weight is 478 g/mol. The number of amides is 3. The molecule has 7 nitrogen and oxygen atoms in total. The lowest BCUT2D eigenvalue weighted by Gasteiger charge is -2.25. The second kappa shape index (κ2) is 10.1. The molecule has 0 unspecified atom stereocenters. The van der Waals surface area contributed by atoms with Crippen LogP contribution in [-0.2, 0) is 16.1 Å². The number of ether oxygens (including phenoxy) is 1. The zero-order valence-corrected chi connectivity index (χ0v) is 20.1. The van der Waals surface area contributed by atoms with Crippen LogP contribution < -0.4 is 10.6 Å². The van der Waals surface area contributed by atoms with E-state index in [-0.39, 0.29) is 24.4 Å². The molecular weight excluding hydrogens is 450 g/mol. The second-order valence-corrected chi connectivity index (χ2v) is 9.53. The van der Waals surface area contributed by atoms with Crippen molar-refractivity contribution in [3.63, 3.8) is 0 Å². The number of thiophene rings is 1. The molecule has 2 N–H and O–H groups in total. The Labute approximate surface area is 202 Å². The van der Waals surface area contributed by atoms with Crippen LogP contribution in [0.3, 0.4) is 0 Å². The molecule has 0 bridgehead atoms. The van der Waals surface area contributed by atoms with Gasteiger partial charge in [0.15, 0.2) is 12.1 Å². The van der Waals surface area contributed by atoms with Crippen LogP contribution in [0.25, 0.3) is 0 Å². The van der Waals surface area contributed by atoms with Gasteiger partial charge in [0.1, 0.15) is 0 Å². The predicted molar refractivity (Wildman–Crippen MR) is 132 cm³/mol. The smallest absolute Gasteiger partial charge is 0.411 e. The van der Waals surface area contributed by atoms with E-state index in [9.17, 15) is 14.4 Å². The number of hydrogen-bond acceptors (Lipinski definition) is 5. The van der Waals surface area contributed by atoms with Gasteiger partial charge in [-0.05, 0) is 55.5 Å². The summed E-state index contributed by atoms with van der Waals surface area (Å²) in [5.41, 5.74) is 3.29. The minimum absolute atomic E-state index is 0.0838. The molecule has 2 aromatic carbocycles. The third-order valence-electron chi connectivity index (χ3n) is 5.46. The summed E-state index contributed by atoms with van der Waals surface area (Å²) in [5, 5.41) is 7.61. The van der Waals surface area contributed by atoms with E-state index >= 15 is 0 Å². The normalized spacial score (nSPS) is 17.5. The molecule has 0 spiro atoms. The van der Waals surface area contributed by atoms with Crippen LogP contribution in [0.4, 0.5) is 10.5 Å². The number of carbonyl (C=O) groups is 3. The molecule has 1 aliphatic rings. The number of carbonyl (C=O) groups excluding carboxylic acids is 3. The molecule has 0 saturated carbocycles. The number of aryl methyl sites for hydroxylation is 1. The number of cyclic esters (lactones) is 1. The van der Waals surface area contributed by atoms with Crippen LogP contribution in [0.5, 0.6) is 0 Å². The Morgan fingerprint density at radius 1 is 1.09 bits per heavy atom. The number of nitrogens with one attached hydrogen (secondary N) is 2. The number of rotatable bonds is 7. The fraction of sp³-hybridized carbons (Fsp3) is 0.269. The lowest BCUT2D eigenvalue weighted by atomic mass is 10.00. The lowest BCUT2D eigenvalue weighted by molar-refractivity contribution is -0.126. The summed E-state index contributed by atoms with van der Waals surface area (Å²) in [7, 11) is 0. The molecule has 1 saturated heterocycles. The van der Waals surface area contributed by atoms with E-state index < -0.39 is 18.2 Å². The van der Waals surface area contributed by atoms with Gasteiger partial charge in [0.25, 0.3) is 5.91 Å². The molecule has 0 aliphatic carbocycles. The van der Waals surface area contributed by atoms with Crippen molar-refractivity contribution in [2.24, 2.45) is 0 Å². The van der Waals surface area contributed by atoms with Crippen molar-refractivity contribution in [1.82, 2.24) is 10.2 Å². The first-order valence-electron chi connectivity index (χ1n) is 11.1. The summed E-state index contributed by atoms with van der Waals surface area (Å²) >= 11 is 1.36. The summed E-state index contributed by atoms with van der Waals surface area (Å²) < 4.78 is 5.70. The molecule has 3 aromatic rings. The van der Waals surface area contributed by atoms with Gasteiger partial charge in [-0.25, -0.2) is 4.79 Å². The van der Waals surface area contributed by atoms with E-state index in [0.717, 1.165) is 11.1 Å². The fourth-order valence-corrected chi connectivity index (χ4v) is 4.56. The molecular formula is C26H27N3O4S. The zero-order chi connectivity index (χ0) is 24.2. The van der Waals surface area contributed by atoms with E-state index in [1.807, 2.05) is 56.5 Å². The van der Waals surface area contributed by atoms with Crippen molar-refractivity contribution in [2.45, 2.75) is 45.5 Å². The number of hydrogen-bond donors (Lipinski definition) is 2. The highest BCUT2D eigenvalue weighted by Crippen LogP contribution is 2.34. The summed E-state index contributed by atoms with van der Waals surface area (Å²) in [5.74, 6) is -0.456. The first-order valence-corrected chi connectivity index (χ1v) is 12.0. The van der Waals surface area contributed by atoms with Gasteiger partial charge in [-0.1, -0.05) is 48.0 Å². The minimum Gasteiger partial charge on any atom is -0.438 e. The van der Waals surface area contributed by atoms with E-state index in [0.29, 0.717) is 16.1 Å². The van der Waals surface area contributed by atoms with Crippen LogP contribution in [0.15, 0.2) is 66.0 Å². The third kappa shape index (κ3) is 5.28. The maximum absolute atomic E-state index is 13.2. The first kappa shape index (κ1) is 23.5. The Morgan fingerprint density at radius 2 is 1.85 bits per heavy atom. The molecule has 34 heavy (non-hydrogen) atoms. The Kier molecular flexibility index (Phi) is 6.98. The van der Waals surface area contributed by atoms with Crippen LogP contribution >= 0.6 is 11.3 Å². The van der Waals surface area contributed by atoms with Crippen LogP contribution in [0.1, 0.15) is 46.3 Å². The molecule has 3 amide bonds. The van der Waals surface area contributed by atoms with Crippen molar-refractivity contribution in [3.05, 3.63) is 87.6 Å². The number of benzene rings is 2. The SMILES string of the molecule is Cc1cccc(CN2C(=O)O[C@H](c3ccc(NC(=O)c4cccs4)cc3)[C@@H]2C(=O)NC(C)C)c1. The first-order chi connectivity index (χ1) is 16.3. The average Bonchev–Trinajstić information content (AvgIpc) is 3.43. The second-order valence-electron chi connectivity index (χ2n) is 8.58. The lowest BCUT2D eigenvalue weighted by Crippen LogP contribution is -2.48.